The minimum atomic E-state index is 0.129. The van der Waals surface area contributed by atoms with E-state index >= 15 is 0 Å². The van der Waals surface area contributed by atoms with Gasteiger partial charge in [-0.15, -0.1) is 0 Å². The summed E-state index contributed by atoms with van der Waals surface area (Å²) < 4.78 is 0. The van der Waals surface area contributed by atoms with Gasteiger partial charge in [-0.3, -0.25) is 4.79 Å². The van der Waals surface area contributed by atoms with Crippen LogP contribution in [0.4, 0.5) is 0 Å². The van der Waals surface area contributed by atoms with E-state index in [1.165, 1.54) is 6.20 Å². The first-order valence-electron chi connectivity index (χ1n) is 5.87. The minimum absolute atomic E-state index is 0.129. The van der Waals surface area contributed by atoms with Gasteiger partial charge in [-0.05, 0) is 18.9 Å². The lowest BCUT2D eigenvalue weighted by atomic mass is 10.1. The number of hydrogen-bond acceptors (Lipinski definition) is 4. The molecule has 4 nitrogen and oxygen atoms in total. The van der Waals surface area contributed by atoms with Crippen molar-refractivity contribution in [3.63, 3.8) is 0 Å². The lowest BCUT2D eigenvalue weighted by molar-refractivity contribution is -0.117. The number of carbonyl (C=O) groups is 1. The molecule has 1 fully saturated rings. The Morgan fingerprint density at radius 2 is 2.39 bits per heavy atom. The fourth-order valence-corrected chi connectivity index (χ4v) is 2.15. The molecular weight excluding hydrogens is 250 g/mol. The van der Waals surface area contributed by atoms with Crippen molar-refractivity contribution < 1.29 is 4.79 Å². The Labute approximate surface area is 111 Å². The number of nitrogens with two attached hydrogens (primary N) is 1. The molecule has 4 N–H and O–H groups in total. The van der Waals surface area contributed by atoms with Crippen molar-refractivity contribution in [2.45, 2.75) is 19.8 Å². The zero-order valence-electron chi connectivity index (χ0n) is 10.2. The first kappa shape index (κ1) is 12.8. The number of halogens is 1. The van der Waals surface area contributed by atoms with Crippen LogP contribution < -0.4 is 16.4 Å². The molecule has 0 spiro atoms. The van der Waals surface area contributed by atoms with Crippen molar-refractivity contribution in [2.24, 2.45) is 11.7 Å². The third-order valence-electron chi connectivity index (χ3n) is 3.12. The molecule has 18 heavy (non-hydrogen) atoms. The minimum Gasteiger partial charge on any atom is -0.403 e. The summed E-state index contributed by atoms with van der Waals surface area (Å²) in [6.07, 6.45) is 8.36. The van der Waals surface area contributed by atoms with Crippen molar-refractivity contribution in [1.29, 1.82) is 0 Å². The van der Waals surface area contributed by atoms with E-state index in [2.05, 4.69) is 10.6 Å². The zero-order chi connectivity index (χ0) is 13.1. The van der Waals surface area contributed by atoms with E-state index in [9.17, 15) is 4.79 Å². The number of rotatable bonds is 2. The number of ketones is 1. The van der Waals surface area contributed by atoms with Gasteiger partial charge in [0, 0.05) is 30.1 Å². The molecule has 0 radical (unpaired) electrons. The average molecular weight is 266 g/mol. The molecule has 96 valence electrons. The molecule has 1 aliphatic carbocycles. The van der Waals surface area contributed by atoms with Crippen molar-refractivity contribution in [1.82, 2.24) is 10.6 Å². The van der Waals surface area contributed by atoms with Gasteiger partial charge in [-0.1, -0.05) is 18.5 Å². The van der Waals surface area contributed by atoms with Crippen LogP contribution in [-0.2, 0) is 4.79 Å². The maximum Gasteiger partial charge on any atom is 0.163 e. The Balaban J connectivity index is 2.12. The molecule has 0 aromatic carbocycles. The molecule has 2 aliphatic rings. The number of hydrogen-bond donors (Lipinski definition) is 3. The van der Waals surface area contributed by atoms with Crippen molar-refractivity contribution in [3.8, 4) is 0 Å². The van der Waals surface area contributed by atoms with Gasteiger partial charge in [0.15, 0.2) is 5.78 Å². The van der Waals surface area contributed by atoms with Crippen LogP contribution in [0.5, 0.6) is 0 Å². The average Bonchev–Trinajstić information content (AvgIpc) is 2.68. The molecule has 1 saturated carbocycles. The standard InChI is InChI=1S/C13H16ClN3O/c1-8-2-3-9(13(8)18)6-16-11-4-10(14)7-17-12(11)5-15/h4-8,16-17H,2-3,15H2,1H3/b9-6+,12-5-. The predicted octanol–water partition coefficient (Wildman–Crippen LogP) is 1.83. The van der Waals surface area contributed by atoms with Gasteiger partial charge in [-0.25, -0.2) is 0 Å². The smallest absolute Gasteiger partial charge is 0.163 e. The molecule has 1 aliphatic heterocycles. The number of Topliss-reactive ketones (excluding diaryl/α,β-unsaturated/α-hetero) is 1. The van der Waals surface area contributed by atoms with E-state index in [-0.39, 0.29) is 11.7 Å². The predicted molar refractivity (Wildman–Crippen MR) is 72.0 cm³/mol. The number of carbonyl (C=O) groups excluding carboxylic acids is 1. The maximum atomic E-state index is 11.8. The molecule has 0 amide bonds. The van der Waals surface area contributed by atoms with Gasteiger partial charge >= 0.3 is 0 Å². The van der Waals surface area contributed by atoms with Crippen LogP contribution in [0.2, 0.25) is 0 Å². The highest BCUT2D eigenvalue weighted by atomic mass is 35.5. The number of allylic oxidation sites excluding steroid dienone is 3. The quantitative estimate of drug-likeness (QED) is 0.667. The second-order valence-electron chi connectivity index (χ2n) is 4.43. The summed E-state index contributed by atoms with van der Waals surface area (Å²) in [5.41, 5.74) is 7.82. The lowest BCUT2D eigenvalue weighted by Crippen LogP contribution is -2.21. The molecule has 0 saturated heterocycles. The molecule has 1 atom stereocenters. The highest BCUT2D eigenvalue weighted by Gasteiger charge is 2.25. The maximum absolute atomic E-state index is 11.8. The van der Waals surface area contributed by atoms with Gasteiger partial charge in [0.2, 0.25) is 0 Å². The van der Waals surface area contributed by atoms with E-state index in [0.29, 0.717) is 5.03 Å². The second kappa shape index (κ2) is 5.31. The van der Waals surface area contributed by atoms with Crippen LogP contribution in [0.1, 0.15) is 19.8 Å². The summed E-state index contributed by atoms with van der Waals surface area (Å²) in [5.74, 6) is 0.344. The van der Waals surface area contributed by atoms with Crippen LogP contribution in [-0.4, -0.2) is 5.78 Å². The Bertz CT molecular complexity index is 488. The van der Waals surface area contributed by atoms with Crippen molar-refractivity contribution in [3.05, 3.63) is 46.7 Å². The fourth-order valence-electron chi connectivity index (χ4n) is 1.99. The molecule has 0 bridgehead atoms. The van der Waals surface area contributed by atoms with Crippen LogP contribution in [0.15, 0.2) is 46.7 Å². The summed E-state index contributed by atoms with van der Waals surface area (Å²) in [6.45, 7) is 1.95. The number of dihydropyridines is 1. The van der Waals surface area contributed by atoms with Crippen LogP contribution in [0.25, 0.3) is 0 Å². The first-order valence-corrected chi connectivity index (χ1v) is 6.25. The normalized spacial score (nSPS) is 28.1. The van der Waals surface area contributed by atoms with Gasteiger partial charge < -0.3 is 16.4 Å². The van der Waals surface area contributed by atoms with E-state index < -0.39 is 0 Å². The number of nitrogens with one attached hydrogen (secondary N) is 2. The third-order valence-corrected chi connectivity index (χ3v) is 3.34. The second-order valence-corrected chi connectivity index (χ2v) is 4.87. The third kappa shape index (κ3) is 2.59. The Morgan fingerprint density at radius 3 is 3.00 bits per heavy atom. The van der Waals surface area contributed by atoms with Crippen molar-refractivity contribution in [2.75, 3.05) is 0 Å². The molecule has 0 aromatic heterocycles. The highest BCUT2D eigenvalue weighted by molar-refractivity contribution is 6.31. The SMILES string of the molecule is CC1CC/C(=C\NC2=CC(Cl)=CN/C2=C\N)C1=O. The summed E-state index contributed by atoms with van der Waals surface area (Å²) in [4.78, 5) is 11.8. The van der Waals surface area contributed by atoms with E-state index in [1.54, 1.807) is 18.5 Å². The van der Waals surface area contributed by atoms with E-state index in [4.69, 9.17) is 17.3 Å². The molecule has 2 rings (SSSR count). The molecule has 1 heterocycles. The molecular formula is C13H16ClN3O. The Kier molecular flexibility index (Phi) is 3.77. The van der Waals surface area contributed by atoms with Gasteiger partial charge in [0.25, 0.3) is 0 Å². The molecule has 0 aromatic rings. The zero-order valence-corrected chi connectivity index (χ0v) is 10.9. The summed E-state index contributed by atoms with van der Waals surface area (Å²) in [6, 6.07) is 0. The van der Waals surface area contributed by atoms with Crippen LogP contribution in [0, 0.1) is 5.92 Å². The molecule has 1 unspecified atom stereocenters. The lowest BCUT2D eigenvalue weighted by Gasteiger charge is -2.16. The first-order chi connectivity index (χ1) is 8.61. The summed E-state index contributed by atoms with van der Waals surface area (Å²) in [7, 11) is 0. The van der Waals surface area contributed by atoms with E-state index in [1.807, 2.05) is 6.92 Å². The van der Waals surface area contributed by atoms with Gasteiger partial charge in [0.05, 0.1) is 16.4 Å². The monoisotopic (exact) mass is 265 g/mol. The van der Waals surface area contributed by atoms with Crippen LogP contribution >= 0.6 is 11.6 Å². The van der Waals surface area contributed by atoms with Gasteiger partial charge in [-0.2, -0.15) is 0 Å². The van der Waals surface area contributed by atoms with E-state index in [0.717, 1.165) is 29.8 Å². The molecule has 5 heteroatoms. The largest absolute Gasteiger partial charge is 0.403 e. The Hall–Kier alpha value is -1.68. The summed E-state index contributed by atoms with van der Waals surface area (Å²) >= 11 is 5.91. The van der Waals surface area contributed by atoms with Gasteiger partial charge in [0.1, 0.15) is 0 Å². The Morgan fingerprint density at radius 1 is 1.61 bits per heavy atom. The topological polar surface area (TPSA) is 67.2 Å². The summed E-state index contributed by atoms with van der Waals surface area (Å²) in [5, 5.41) is 6.63. The van der Waals surface area contributed by atoms with Crippen molar-refractivity contribution >= 4 is 17.4 Å². The fraction of sp³-hybridized carbons (Fsp3) is 0.308. The van der Waals surface area contributed by atoms with Crippen LogP contribution in [0.3, 0.4) is 0 Å². The highest BCUT2D eigenvalue weighted by Crippen LogP contribution is 2.26.